The molecule has 108 valence electrons. The number of aryl methyl sites for hydroxylation is 1. The zero-order valence-electron chi connectivity index (χ0n) is 12.0. The van der Waals surface area contributed by atoms with Crippen molar-refractivity contribution in [2.45, 2.75) is 45.6 Å². The molecular weight excluding hydrogens is 270 g/mol. The summed E-state index contributed by atoms with van der Waals surface area (Å²) < 4.78 is 0. The van der Waals surface area contributed by atoms with E-state index in [0.29, 0.717) is 0 Å². The summed E-state index contributed by atoms with van der Waals surface area (Å²) in [7, 11) is 0. The van der Waals surface area contributed by atoms with Crippen LogP contribution in [0, 0.1) is 5.92 Å². The van der Waals surface area contributed by atoms with E-state index in [2.05, 4.69) is 29.1 Å². The highest BCUT2D eigenvalue weighted by atomic mass is 32.1. The Balaban J connectivity index is 2.05. The lowest BCUT2D eigenvalue weighted by Gasteiger charge is -2.19. The number of hydrogen-bond acceptors (Lipinski definition) is 5. The fourth-order valence-corrected chi connectivity index (χ4v) is 4.21. The first-order chi connectivity index (χ1) is 9.72. The minimum Gasteiger partial charge on any atom is -0.394 e. The second kappa shape index (κ2) is 5.66. The Morgan fingerprint density at radius 2 is 2.35 bits per heavy atom. The van der Waals surface area contributed by atoms with Crippen molar-refractivity contribution in [1.82, 2.24) is 9.97 Å². The molecule has 0 radical (unpaired) electrons. The molecule has 2 atom stereocenters. The number of aromatic nitrogens is 2. The van der Waals surface area contributed by atoms with Crippen LogP contribution >= 0.6 is 11.3 Å². The predicted octanol–water partition coefficient (Wildman–Crippen LogP) is 3.00. The molecular formula is C15H21N3OS. The van der Waals surface area contributed by atoms with E-state index in [1.807, 2.05) is 0 Å². The molecule has 0 amide bonds. The Hall–Kier alpha value is -1.20. The number of anilines is 1. The zero-order chi connectivity index (χ0) is 14.1. The molecule has 1 aliphatic carbocycles. The van der Waals surface area contributed by atoms with Gasteiger partial charge in [0.2, 0.25) is 0 Å². The van der Waals surface area contributed by atoms with Crippen LogP contribution in [0.2, 0.25) is 0 Å². The van der Waals surface area contributed by atoms with Gasteiger partial charge in [-0.1, -0.05) is 13.8 Å². The second-order valence-electron chi connectivity index (χ2n) is 5.69. The summed E-state index contributed by atoms with van der Waals surface area (Å²) in [5.74, 6) is 1.66. The number of aliphatic hydroxyl groups excluding tert-OH is 1. The van der Waals surface area contributed by atoms with E-state index in [9.17, 15) is 5.11 Å². The van der Waals surface area contributed by atoms with E-state index in [-0.39, 0.29) is 12.6 Å². The maximum atomic E-state index is 9.38. The molecule has 0 saturated carbocycles. The largest absolute Gasteiger partial charge is 0.394 e. The van der Waals surface area contributed by atoms with E-state index in [4.69, 9.17) is 0 Å². The molecule has 2 heterocycles. The van der Waals surface area contributed by atoms with Crippen LogP contribution in [0.4, 0.5) is 5.82 Å². The van der Waals surface area contributed by atoms with E-state index in [1.54, 1.807) is 17.7 Å². The highest BCUT2D eigenvalue weighted by Gasteiger charge is 2.23. The van der Waals surface area contributed by atoms with Gasteiger partial charge in [-0.3, -0.25) is 0 Å². The Labute approximate surface area is 123 Å². The van der Waals surface area contributed by atoms with Crippen molar-refractivity contribution in [2.24, 2.45) is 5.92 Å². The number of nitrogens with zero attached hydrogens (tertiary/aromatic N) is 2. The molecule has 20 heavy (non-hydrogen) atoms. The third kappa shape index (κ3) is 2.40. The van der Waals surface area contributed by atoms with Gasteiger partial charge in [-0.25, -0.2) is 9.97 Å². The number of rotatable bonds is 4. The lowest BCUT2D eigenvalue weighted by atomic mass is 9.89. The highest BCUT2D eigenvalue weighted by Crippen LogP contribution is 2.39. The molecule has 1 aliphatic rings. The highest BCUT2D eigenvalue weighted by molar-refractivity contribution is 7.19. The zero-order valence-corrected chi connectivity index (χ0v) is 12.8. The SMILES string of the molecule is CC[C@H](CO)Nc1ncnc2sc3c(c12)CC[C@@H](C)C3. The van der Waals surface area contributed by atoms with E-state index in [0.717, 1.165) is 35.8 Å². The van der Waals surface area contributed by atoms with Crippen LogP contribution in [0.25, 0.3) is 10.2 Å². The van der Waals surface area contributed by atoms with Gasteiger partial charge in [0, 0.05) is 4.88 Å². The monoisotopic (exact) mass is 291 g/mol. The van der Waals surface area contributed by atoms with Crippen molar-refractivity contribution in [2.75, 3.05) is 11.9 Å². The second-order valence-corrected chi connectivity index (χ2v) is 6.77. The van der Waals surface area contributed by atoms with Crippen LogP contribution in [0.3, 0.4) is 0 Å². The van der Waals surface area contributed by atoms with Gasteiger partial charge in [0.05, 0.1) is 18.0 Å². The molecule has 2 aromatic heterocycles. The summed E-state index contributed by atoms with van der Waals surface area (Å²) in [5.41, 5.74) is 1.43. The van der Waals surface area contributed by atoms with Crippen LogP contribution in [0.15, 0.2) is 6.33 Å². The lowest BCUT2D eigenvalue weighted by molar-refractivity contribution is 0.271. The Bertz CT molecular complexity index is 606. The van der Waals surface area contributed by atoms with Crippen molar-refractivity contribution in [1.29, 1.82) is 0 Å². The first-order valence-electron chi connectivity index (χ1n) is 7.35. The normalized spacial score (nSPS) is 19.9. The number of hydrogen-bond donors (Lipinski definition) is 2. The van der Waals surface area contributed by atoms with Crippen LogP contribution in [-0.2, 0) is 12.8 Å². The fraction of sp³-hybridized carbons (Fsp3) is 0.600. The van der Waals surface area contributed by atoms with Crippen LogP contribution in [0.5, 0.6) is 0 Å². The lowest BCUT2D eigenvalue weighted by Crippen LogP contribution is -2.23. The molecule has 0 fully saturated rings. The minimum absolute atomic E-state index is 0.0613. The van der Waals surface area contributed by atoms with Crippen LogP contribution in [0.1, 0.15) is 37.1 Å². The molecule has 5 heteroatoms. The number of fused-ring (bicyclic) bond motifs is 3. The summed E-state index contributed by atoms with van der Waals surface area (Å²) in [4.78, 5) is 11.4. The first-order valence-corrected chi connectivity index (χ1v) is 8.17. The predicted molar refractivity (Wildman–Crippen MR) is 83.4 cm³/mol. The Morgan fingerprint density at radius 1 is 1.50 bits per heavy atom. The molecule has 0 aromatic carbocycles. The molecule has 0 bridgehead atoms. The maximum absolute atomic E-state index is 9.38. The molecule has 2 aromatic rings. The van der Waals surface area contributed by atoms with Gasteiger partial charge in [0.1, 0.15) is 17.0 Å². The van der Waals surface area contributed by atoms with Crippen molar-refractivity contribution in [3.63, 3.8) is 0 Å². The maximum Gasteiger partial charge on any atom is 0.138 e. The van der Waals surface area contributed by atoms with Gasteiger partial charge in [0.15, 0.2) is 0 Å². The smallest absolute Gasteiger partial charge is 0.138 e. The summed E-state index contributed by atoms with van der Waals surface area (Å²) in [6.45, 7) is 4.51. The number of thiophene rings is 1. The first kappa shape index (κ1) is 13.8. The van der Waals surface area contributed by atoms with Gasteiger partial charge in [0.25, 0.3) is 0 Å². The van der Waals surface area contributed by atoms with Gasteiger partial charge in [-0.2, -0.15) is 0 Å². The standard InChI is InChI=1S/C15H21N3OS/c1-3-10(7-19)18-14-13-11-5-4-9(2)6-12(11)20-15(13)17-8-16-14/h8-10,19H,3-7H2,1-2H3,(H,16,17,18)/t9-,10-/m1/s1. The molecule has 4 nitrogen and oxygen atoms in total. The van der Waals surface area contributed by atoms with Crippen molar-refractivity contribution in [3.05, 3.63) is 16.8 Å². The van der Waals surface area contributed by atoms with Crippen LogP contribution in [-0.4, -0.2) is 27.7 Å². The molecule has 0 aliphatic heterocycles. The summed E-state index contributed by atoms with van der Waals surface area (Å²) in [5, 5.41) is 13.9. The fourth-order valence-electron chi connectivity index (χ4n) is 2.85. The van der Waals surface area contributed by atoms with Crippen molar-refractivity contribution < 1.29 is 5.11 Å². The topological polar surface area (TPSA) is 58.0 Å². The number of aliphatic hydroxyl groups is 1. The van der Waals surface area contributed by atoms with Gasteiger partial charge >= 0.3 is 0 Å². The van der Waals surface area contributed by atoms with Gasteiger partial charge in [-0.15, -0.1) is 11.3 Å². The molecule has 3 rings (SSSR count). The molecule has 0 spiro atoms. The molecule has 0 saturated heterocycles. The quantitative estimate of drug-likeness (QED) is 0.909. The molecule has 0 unspecified atom stereocenters. The minimum atomic E-state index is 0.0613. The number of nitrogens with one attached hydrogen (secondary N) is 1. The Kier molecular flexibility index (Phi) is 3.89. The van der Waals surface area contributed by atoms with E-state index in [1.165, 1.54) is 22.2 Å². The van der Waals surface area contributed by atoms with Gasteiger partial charge in [-0.05, 0) is 37.2 Å². The van der Waals surface area contributed by atoms with Crippen LogP contribution < -0.4 is 5.32 Å². The van der Waals surface area contributed by atoms with E-state index < -0.39 is 0 Å². The van der Waals surface area contributed by atoms with E-state index >= 15 is 0 Å². The Morgan fingerprint density at radius 3 is 3.10 bits per heavy atom. The van der Waals surface area contributed by atoms with Crippen molar-refractivity contribution >= 4 is 27.4 Å². The summed E-state index contributed by atoms with van der Waals surface area (Å²) in [6.07, 6.45) is 6.03. The third-order valence-corrected chi connectivity index (χ3v) is 5.31. The summed E-state index contributed by atoms with van der Waals surface area (Å²) >= 11 is 1.81. The average molecular weight is 291 g/mol. The average Bonchev–Trinajstić information content (AvgIpc) is 2.82. The van der Waals surface area contributed by atoms with Gasteiger partial charge < -0.3 is 10.4 Å². The summed E-state index contributed by atoms with van der Waals surface area (Å²) in [6, 6.07) is 0.0613. The molecule has 2 N–H and O–H groups in total. The van der Waals surface area contributed by atoms with Crippen molar-refractivity contribution in [3.8, 4) is 0 Å². The third-order valence-electron chi connectivity index (χ3n) is 4.15.